The maximum absolute atomic E-state index is 13.3. The molecule has 192 valence electrons. The van der Waals surface area contributed by atoms with Crippen LogP contribution in [0.5, 0.6) is 0 Å². The van der Waals surface area contributed by atoms with Crippen LogP contribution in [0.1, 0.15) is 70.8 Å². The van der Waals surface area contributed by atoms with Crippen molar-refractivity contribution in [1.29, 1.82) is 0 Å². The van der Waals surface area contributed by atoms with Gasteiger partial charge in [-0.2, -0.15) is 0 Å². The van der Waals surface area contributed by atoms with Crippen molar-refractivity contribution in [3.8, 4) is 0 Å². The zero-order chi connectivity index (χ0) is 25.4. The lowest BCUT2D eigenvalue weighted by molar-refractivity contribution is -0.141. The molecule has 3 rings (SSSR count). The minimum absolute atomic E-state index is 0.00342. The summed E-state index contributed by atoms with van der Waals surface area (Å²) in [5, 5.41) is 5.79. The monoisotopic (exact) mass is 484 g/mol. The van der Waals surface area contributed by atoms with Crippen molar-refractivity contribution < 1.29 is 19.2 Å². The van der Waals surface area contributed by atoms with Crippen molar-refractivity contribution in [3.63, 3.8) is 0 Å². The van der Waals surface area contributed by atoms with Crippen LogP contribution in [-0.2, 0) is 14.4 Å². The SMILES string of the molecule is Cc1ccc(NC(=O)CN2C(=O)N(CCCCC(=O)NCCC(C)C)C(=O)C3CCCCC32)cc1. The van der Waals surface area contributed by atoms with E-state index >= 15 is 0 Å². The summed E-state index contributed by atoms with van der Waals surface area (Å²) in [4.78, 5) is 54.2. The molecule has 1 aromatic rings. The Morgan fingerprint density at radius 3 is 2.46 bits per heavy atom. The number of aryl methyl sites for hydroxylation is 1. The topological polar surface area (TPSA) is 98.8 Å². The third-order valence-corrected chi connectivity index (χ3v) is 6.92. The van der Waals surface area contributed by atoms with Crippen LogP contribution in [0, 0.1) is 18.8 Å². The number of urea groups is 1. The van der Waals surface area contributed by atoms with Gasteiger partial charge in [0.25, 0.3) is 0 Å². The second-order valence-corrected chi connectivity index (χ2v) is 10.3. The van der Waals surface area contributed by atoms with Crippen molar-refractivity contribution in [2.75, 3.05) is 25.0 Å². The molecular weight excluding hydrogens is 444 g/mol. The van der Waals surface area contributed by atoms with E-state index in [9.17, 15) is 19.2 Å². The molecule has 2 aliphatic rings. The van der Waals surface area contributed by atoms with E-state index in [2.05, 4.69) is 24.5 Å². The Kier molecular flexibility index (Phi) is 9.69. The van der Waals surface area contributed by atoms with E-state index in [1.165, 1.54) is 4.90 Å². The minimum atomic E-state index is -0.390. The molecule has 8 nitrogen and oxygen atoms in total. The van der Waals surface area contributed by atoms with E-state index in [-0.39, 0.29) is 42.8 Å². The van der Waals surface area contributed by atoms with Crippen LogP contribution in [-0.4, -0.2) is 59.2 Å². The summed E-state index contributed by atoms with van der Waals surface area (Å²) < 4.78 is 0. The summed E-state index contributed by atoms with van der Waals surface area (Å²) in [6, 6.07) is 6.90. The fraction of sp³-hybridized carbons (Fsp3) is 0.630. The predicted molar refractivity (Wildman–Crippen MR) is 136 cm³/mol. The molecule has 2 unspecified atom stereocenters. The molecule has 2 atom stereocenters. The molecule has 0 spiro atoms. The van der Waals surface area contributed by atoms with E-state index in [4.69, 9.17) is 0 Å². The average Bonchev–Trinajstić information content (AvgIpc) is 2.82. The number of hydrogen-bond donors (Lipinski definition) is 2. The van der Waals surface area contributed by atoms with Crippen LogP contribution in [0.15, 0.2) is 24.3 Å². The van der Waals surface area contributed by atoms with Crippen LogP contribution in [0.4, 0.5) is 10.5 Å². The number of nitrogens with one attached hydrogen (secondary N) is 2. The van der Waals surface area contributed by atoms with Crippen molar-refractivity contribution in [2.24, 2.45) is 11.8 Å². The molecular formula is C27H40N4O4. The molecule has 2 N–H and O–H groups in total. The average molecular weight is 485 g/mol. The van der Waals surface area contributed by atoms with Gasteiger partial charge in [-0.05, 0) is 57.1 Å². The first-order chi connectivity index (χ1) is 16.8. The second kappa shape index (κ2) is 12.7. The molecule has 2 fully saturated rings. The van der Waals surface area contributed by atoms with Crippen molar-refractivity contribution in [1.82, 2.24) is 15.1 Å². The number of carbonyl (C=O) groups is 4. The predicted octanol–water partition coefficient (Wildman–Crippen LogP) is 4.09. The first-order valence-corrected chi connectivity index (χ1v) is 13.0. The third kappa shape index (κ3) is 7.54. The van der Waals surface area contributed by atoms with E-state index in [0.29, 0.717) is 37.4 Å². The second-order valence-electron chi connectivity index (χ2n) is 10.3. The first kappa shape index (κ1) is 26.7. The highest BCUT2D eigenvalue weighted by Crippen LogP contribution is 2.34. The number of fused-ring (bicyclic) bond motifs is 1. The van der Waals surface area contributed by atoms with E-state index in [0.717, 1.165) is 37.7 Å². The van der Waals surface area contributed by atoms with E-state index in [1.54, 1.807) is 4.90 Å². The van der Waals surface area contributed by atoms with Gasteiger partial charge in [-0.3, -0.25) is 19.3 Å². The number of unbranched alkanes of at least 4 members (excludes halogenated alkanes) is 1. The van der Waals surface area contributed by atoms with Gasteiger partial charge in [0.2, 0.25) is 17.7 Å². The Morgan fingerprint density at radius 2 is 1.74 bits per heavy atom. The maximum atomic E-state index is 13.3. The van der Waals surface area contributed by atoms with Gasteiger partial charge in [0, 0.05) is 31.2 Å². The molecule has 1 aliphatic heterocycles. The summed E-state index contributed by atoms with van der Waals surface area (Å²) in [5.74, 6) is -0.108. The van der Waals surface area contributed by atoms with Crippen LogP contribution in [0.2, 0.25) is 0 Å². The maximum Gasteiger partial charge on any atom is 0.327 e. The van der Waals surface area contributed by atoms with Crippen LogP contribution in [0.3, 0.4) is 0 Å². The van der Waals surface area contributed by atoms with E-state index in [1.807, 2.05) is 31.2 Å². The molecule has 1 aliphatic carbocycles. The summed E-state index contributed by atoms with van der Waals surface area (Å²) in [7, 11) is 0. The normalized spacial score (nSPS) is 20.1. The Bertz CT molecular complexity index is 899. The Morgan fingerprint density at radius 1 is 1.03 bits per heavy atom. The van der Waals surface area contributed by atoms with Gasteiger partial charge in [-0.25, -0.2) is 4.79 Å². The Labute approximate surface area is 208 Å². The highest BCUT2D eigenvalue weighted by molar-refractivity contribution is 6.01. The Balaban J connectivity index is 1.56. The molecule has 1 aromatic carbocycles. The first-order valence-electron chi connectivity index (χ1n) is 13.0. The molecule has 1 saturated carbocycles. The van der Waals surface area contributed by atoms with Crippen LogP contribution < -0.4 is 10.6 Å². The minimum Gasteiger partial charge on any atom is -0.356 e. The number of benzene rings is 1. The summed E-state index contributed by atoms with van der Waals surface area (Å²) in [6.45, 7) is 7.08. The Hall–Kier alpha value is -2.90. The van der Waals surface area contributed by atoms with Gasteiger partial charge >= 0.3 is 6.03 Å². The number of rotatable bonds is 11. The van der Waals surface area contributed by atoms with Crippen LogP contribution >= 0.6 is 0 Å². The molecule has 1 saturated heterocycles. The van der Waals surface area contributed by atoms with Gasteiger partial charge < -0.3 is 15.5 Å². The quantitative estimate of drug-likeness (QED) is 0.462. The summed E-state index contributed by atoms with van der Waals surface area (Å²) >= 11 is 0. The van der Waals surface area contributed by atoms with Gasteiger partial charge in [0.05, 0.1) is 5.92 Å². The lowest BCUT2D eigenvalue weighted by atomic mass is 9.81. The number of imide groups is 1. The lowest BCUT2D eigenvalue weighted by Gasteiger charge is -2.46. The molecule has 0 bridgehead atoms. The number of carbonyl (C=O) groups excluding carboxylic acids is 4. The number of anilines is 1. The molecule has 35 heavy (non-hydrogen) atoms. The lowest BCUT2D eigenvalue weighted by Crippen LogP contribution is -2.63. The standard InChI is InChI=1S/C27H40N4O4/c1-19(2)15-16-28-24(32)10-6-7-17-30-26(34)22-8-4-5-9-23(22)31(27(30)35)18-25(33)29-21-13-11-20(3)12-14-21/h11-14,19,22-23H,4-10,15-18H2,1-3H3,(H,28,32)(H,29,33). The molecule has 0 aromatic heterocycles. The number of amides is 5. The van der Waals surface area contributed by atoms with Crippen LogP contribution in [0.25, 0.3) is 0 Å². The molecule has 5 amide bonds. The van der Waals surface area contributed by atoms with Crippen molar-refractivity contribution >= 4 is 29.4 Å². The third-order valence-electron chi connectivity index (χ3n) is 6.92. The zero-order valence-corrected chi connectivity index (χ0v) is 21.3. The smallest absolute Gasteiger partial charge is 0.327 e. The fourth-order valence-corrected chi connectivity index (χ4v) is 4.89. The van der Waals surface area contributed by atoms with Gasteiger partial charge in [-0.15, -0.1) is 0 Å². The van der Waals surface area contributed by atoms with Gasteiger partial charge in [0.1, 0.15) is 6.54 Å². The molecule has 8 heteroatoms. The number of nitrogens with zero attached hydrogens (tertiary/aromatic N) is 2. The summed E-state index contributed by atoms with van der Waals surface area (Å²) in [5.41, 5.74) is 1.78. The van der Waals surface area contributed by atoms with Gasteiger partial charge in [-0.1, -0.05) is 44.4 Å². The highest BCUT2D eigenvalue weighted by Gasteiger charge is 2.47. The van der Waals surface area contributed by atoms with Gasteiger partial charge in [0.15, 0.2) is 0 Å². The van der Waals surface area contributed by atoms with E-state index < -0.39 is 6.03 Å². The van der Waals surface area contributed by atoms with Crippen molar-refractivity contribution in [2.45, 2.75) is 78.2 Å². The fourth-order valence-electron chi connectivity index (χ4n) is 4.89. The molecule has 1 heterocycles. The number of hydrogen-bond acceptors (Lipinski definition) is 4. The van der Waals surface area contributed by atoms with Crippen molar-refractivity contribution in [3.05, 3.63) is 29.8 Å². The summed E-state index contributed by atoms with van der Waals surface area (Å²) in [6.07, 6.45) is 5.87. The highest BCUT2D eigenvalue weighted by atomic mass is 16.2. The largest absolute Gasteiger partial charge is 0.356 e. The zero-order valence-electron chi connectivity index (χ0n) is 21.3. The molecule has 0 radical (unpaired) electrons.